The molecular formula is C30H37N3O5S. The molecule has 3 aromatic rings. The van der Waals surface area contributed by atoms with E-state index in [-0.39, 0.29) is 23.3 Å². The van der Waals surface area contributed by atoms with Crippen LogP contribution in [0.4, 0.5) is 5.69 Å². The second-order valence-electron chi connectivity index (χ2n) is 9.84. The molecule has 208 valence electrons. The molecule has 2 amide bonds. The molecule has 0 aliphatic rings. The van der Waals surface area contributed by atoms with E-state index in [1.54, 1.807) is 68.6 Å². The third-order valence-corrected chi connectivity index (χ3v) is 8.08. The maximum Gasteiger partial charge on any atom is 0.264 e. The molecule has 0 saturated heterocycles. The molecule has 39 heavy (non-hydrogen) atoms. The SMILES string of the molecule is COc1ccc(CN(C(=O)CN(c2ccc(C)cc2)S(=O)(=O)c2ccccc2)[C@H](C)C(=O)NCC(C)C)cc1. The summed E-state index contributed by atoms with van der Waals surface area (Å²) < 4.78 is 33.8. The second-order valence-corrected chi connectivity index (χ2v) is 11.7. The van der Waals surface area contributed by atoms with Crippen molar-refractivity contribution >= 4 is 27.5 Å². The lowest BCUT2D eigenvalue weighted by molar-refractivity contribution is -0.139. The Bertz CT molecular complexity index is 1340. The van der Waals surface area contributed by atoms with Gasteiger partial charge in [0.15, 0.2) is 0 Å². The third-order valence-electron chi connectivity index (χ3n) is 6.30. The zero-order valence-electron chi connectivity index (χ0n) is 23.1. The number of methoxy groups -OCH3 is 1. The number of rotatable bonds is 12. The fraction of sp³-hybridized carbons (Fsp3) is 0.333. The fourth-order valence-electron chi connectivity index (χ4n) is 3.92. The Kier molecular flexibility index (Phi) is 10.1. The Morgan fingerprint density at radius 3 is 2.08 bits per heavy atom. The van der Waals surface area contributed by atoms with Crippen molar-refractivity contribution in [3.63, 3.8) is 0 Å². The van der Waals surface area contributed by atoms with E-state index >= 15 is 0 Å². The van der Waals surface area contributed by atoms with Gasteiger partial charge < -0.3 is 15.0 Å². The maximum atomic E-state index is 13.9. The largest absolute Gasteiger partial charge is 0.497 e. The van der Waals surface area contributed by atoms with Gasteiger partial charge in [0.2, 0.25) is 11.8 Å². The smallest absolute Gasteiger partial charge is 0.264 e. The molecule has 0 saturated carbocycles. The van der Waals surface area contributed by atoms with Crippen LogP contribution >= 0.6 is 0 Å². The van der Waals surface area contributed by atoms with Gasteiger partial charge in [0, 0.05) is 13.1 Å². The summed E-state index contributed by atoms with van der Waals surface area (Å²) in [6.07, 6.45) is 0. The summed E-state index contributed by atoms with van der Waals surface area (Å²) >= 11 is 0. The van der Waals surface area contributed by atoms with Crippen molar-refractivity contribution in [2.45, 2.75) is 45.2 Å². The molecule has 0 aromatic heterocycles. The molecule has 0 unspecified atom stereocenters. The van der Waals surface area contributed by atoms with E-state index in [0.29, 0.717) is 18.0 Å². The Labute approximate surface area is 231 Å². The topological polar surface area (TPSA) is 96.0 Å². The Hall–Kier alpha value is -3.85. The molecule has 8 nitrogen and oxygen atoms in total. The first-order valence-corrected chi connectivity index (χ1v) is 14.3. The molecule has 0 spiro atoms. The number of benzene rings is 3. The molecule has 9 heteroatoms. The Balaban J connectivity index is 1.98. The van der Waals surface area contributed by atoms with Crippen molar-refractivity contribution in [2.75, 3.05) is 24.5 Å². The monoisotopic (exact) mass is 551 g/mol. The van der Waals surface area contributed by atoms with Gasteiger partial charge in [-0.1, -0.05) is 61.9 Å². The maximum absolute atomic E-state index is 13.9. The number of carbonyl (C=O) groups is 2. The summed E-state index contributed by atoms with van der Waals surface area (Å²) in [6.45, 7) is 7.63. The number of ether oxygens (including phenoxy) is 1. The van der Waals surface area contributed by atoms with Crippen molar-refractivity contribution in [1.29, 1.82) is 0 Å². The van der Waals surface area contributed by atoms with Gasteiger partial charge in [-0.3, -0.25) is 13.9 Å². The number of nitrogens with zero attached hydrogens (tertiary/aromatic N) is 2. The van der Waals surface area contributed by atoms with Gasteiger partial charge in [-0.25, -0.2) is 8.42 Å². The van der Waals surface area contributed by atoms with E-state index in [1.807, 2.05) is 32.9 Å². The lowest BCUT2D eigenvalue weighted by Crippen LogP contribution is -2.51. The van der Waals surface area contributed by atoms with Crippen LogP contribution in [0.5, 0.6) is 5.75 Å². The molecule has 3 rings (SSSR count). The van der Waals surface area contributed by atoms with Gasteiger partial charge in [-0.05, 0) is 61.7 Å². The van der Waals surface area contributed by atoms with Crippen LogP contribution in [0.1, 0.15) is 31.9 Å². The van der Waals surface area contributed by atoms with Crippen molar-refractivity contribution in [1.82, 2.24) is 10.2 Å². The summed E-state index contributed by atoms with van der Waals surface area (Å²) in [4.78, 5) is 28.4. The van der Waals surface area contributed by atoms with E-state index in [9.17, 15) is 18.0 Å². The van der Waals surface area contributed by atoms with E-state index in [0.717, 1.165) is 15.4 Å². The molecule has 0 heterocycles. The highest BCUT2D eigenvalue weighted by atomic mass is 32.2. The molecular weight excluding hydrogens is 514 g/mol. The first-order valence-electron chi connectivity index (χ1n) is 12.9. The van der Waals surface area contributed by atoms with Crippen LogP contribution in [0.25, 0.3) is 0 Å². The van der Waals surface area contributed by atoms with Crippen LogP contribution in [-0.4, -0.2) is 51.4 Å². The number of aryl methyl sites for hydroxylation is 1. The molecule has 1 N–H and O–H groups in total. The van der Waals surface area contributed by atoms with Crippen molar-refractivity contribution in [2.24, 2.45) is 5.92 Å². The predicted octanol–water partition coefficient (Wildman–Crippen LogP) is 4.39. The van der Waals surface area contributed by atoms with Crippen LogP contribution in [0.3, 0.4) is 0 Å². The average molecular weight is 552 g/mol. The van der Waals surface area contributed by atoms with Gasteiger partial charge in [0.05, 0.1) is 17.7 Å². The number of sulfonamides is 1. The minimum Gasteiger partial charge on any atom is -0.497 e. The van der Waals surface area contributed by atoms with Crippen LogP contribution in [0.15, 0.2) is 83.8 Å². The summed E-state index contributed by atoms with van der Waals surface area (Å²) in [5.74, 6) is 0.0928. The first-order chi connectivity index (χ1) is 18.5. The lowest BCUT2D eigenvalue weighted by atomic mass is 10.1. The van der Waals surface area contributed by atoms with Crippen molar-refractivity contribution in [3.05, 3.63) is 90.0 Å². The van der Waals surface area contributed by atoms with Gasteiger partial charge >= 0.3 is 0 Å². The molecule has 0 fully saturated rings. The zero-order chi connectivity index (χ0) is 28.6. The fourth-order valence-corrected chi connectivity index (χ4v) is 5.36. The van der Waals surface area contributed by atoms with Crippen LogP contribution in [0, 0.1) is 12.8 Å². The normalized spacial score (nSPS) is 12.1. The first kappa shape index (κ1) is 29.7. The van der Waals surface area contributed by atoms with E-state index in [1.165, 1.54) is 17.0 Å². The minimum atomic E-state index is -4.08. The zero-order valence-corrected chi connectivity index (χ0v) is 23.9. The van der Waals surface area contributed by atoms with E-state index in [4.69, 9.17) is 4.74 Å². The third kappa shape index (κ3) is 7.83. The molecule has 0 aliphatic heterocycles. The number of hydrogen-bond donors (Lipinski definition) is 1. The number of amides is 2. The number of hydrogen-bond acceptors (Lipinski definition) is 5. The van der Waals surface area contributed by atoms with Crippen LogP contribution < -0.4 is 14.4 Å². The number of carbonyl (C=O) groups excluding carboxylic acids is 2. The Morgan fingerprint density at radius 2 is 1.51 bits per heavy atom. The summed E-state index contributed by atoms with van der Waals surface area (Å²) in [7, 11) is -2.51. The molecule has 0 radical (unpaired) electrons. The highest BCUT2D eigenvalue weighted by molar-refractivity contribution is 7.92. The minimum absolute atomic E-state index is 0.0720. The molecule has 3 aromatic carbocycles. The van der Waals surface area contributed by atoms with Crippen LogP contribution in [-0.2, 0) is 26.2 Å². The van der Waals surface area contributed by atoms with Crippen molar-refractivity contribution in [3.8, 4) is 5.75 Å². The quantitative estimate of drug-likeness (QED) is 0.360. The molecule has 1 atom stereocenters. The highest BCUT2D eigenvalue weighted by Gasteiger charge is 2.32. The highest BCUT2D eigenvalue weighted by Crippen LogP contribution is 2.25. The molecule has 0 aliphatic carbocycles. The summed E-state index contributed by atoms with van der Waals surface area (Å²) in [5, 5.41) is 2.88. The van der Waals surface area contributed by atoms with Gasteiger partial charge in [0.1, 0.15) is 18.3 Å². The predicted molar refractivity (Wildman–Crippen MR) is 153 cm³/mol. The van der Waals surface area contributed by atoms with E-state index in [2.05, 4.69) is 5.32 Å². The van der Waals surface area contributed by atoms with Gasteiger partial charge in [0.25, 0.3) is 10.0 Å². The van der Waals surface area contributed by atoms with Crippen molar-refractivity contribution < 1.29 is 22.7 Å². The molecule has 0 bridgehead atoms. The lowest BCUT2D eigenvalue weighted by Gasteiger charge is -2.32. The van der Waals surface area contributed by atoms with E-state index < -0.39 is 28.5 Å². The summed E-state index contributed by atoms with van der Waals surface area (Å²) in [6, 6.07) is 21.3. The summed E-state index contributed by atoms with van der Waals surface area (Å²) in [5.41, 5.74) is 2.10. The standard InChI is InChI=1S/C30H37N3O5S/c1-22(2)19-31-30(35)24(4)32(20-25-13-17-27(38-5)18-14-25)29(34)21-33(26-15-11-23(3)12-16-26)39(36,37)28-9-7-6-8-10-28/h6-18,22,24H,19-21H2,1-5H3,(H,31,35)/t24-/m1/s1. The number of anilines is 1. The number of nitrogens with one attached hydrogen (secondary N) is 1. The van der Waals surface area contributed by atoms with Gasteiger partial charge in [-0.15, -0.1) is 0 Å². The van der Waals surface area contributed by atoms with Gasteiger partial charge in [-0.2, -0.15) is 0 Å². The second kappa shape index (κ2) is 13.3. The van der Waals surface area contributed by atoms with Crippen LogP contribution in [0.2, 0.25) is 0 Å². The Morgan fingerprint density at radius 1 is 0.897 bits per heavy atom. The average Bonchev–Trinajstić information content (AvgIpc) is 2.94.